The third kappa shape index (κ3) is 4.16. The lowest BCUT2D eigenvalue weighted by atomic mass is 10.1. The van der Waals surface area contributed by atoms with Gasteiger partial charge in [-0.2, -0.15) is 0 Å². The molecule has 0 heterocycles. The molecule has 0 bridgehead atoms. The van der Waals surface area contributed by atoms with E-state index in [2.05, 4.69) is 15.9 Å². The first kappa shape index (κ1) is 17.1. The maximum atomic E-state index is 12.9. The van der Waals surface area contributed by atoms with Gasteiger partial charge in [-0.05, 0) is 65.3 Å². The Bertz CT molecular complexity index is 728. The third-order valence-corrected chi connectivity index (χ3v) is 3.87. The van der Waals surface area contributed by atoms with Crippen LogP contribution in [0.1, 0.15) is 27.6 Å². The molecule has 0 aliphatic heterocycles. The quantitative estimate of drug-likeness (QED) is 0.580. The molecule has 120 valence electrons. The molecule has 0 saturated heterocycles. The molecule has 0 amide bonds. The molecule has 0 aromatic heterocycles. The van der Waals surface area contributed by atoms with E-state index in [1.54, 1.807) is 12.1 Å². The summed E-state index contributed by atoms with van der Waals surface area (Å²) in [6, 6.07) is 9.92. The summed E-state index contributed by atoms with van der Waals surface area (Å²) in [4.78, 5) is 24.4. The largest absolute Gasteiger partial charge is 0.497 e. The fourth-order valence-electron chi connectivity index (χ4n) is 1.91. The number of esters is 1. The Labute approximate surface area is 141 Å². The van der Waals surface area contributed by atoms with Gasteiger partial charge in [0.1, 0.15) is 11.6 Å². The van der Waals surface area contributed by atoms with Gasteiger partial charge in [-0.1, -0.05) is 0 Å². The Morgan fingerprint density at radius 2 is 1.78 bits per heavy atom. The van der Waals surface area contributed by atoms with E-state index in [0.29, 0.717) is 10.2 Å². The van der Waals surface area contributed by atoms with Crippen molar-refractivity contribution in [3.8, 4) is 5.75 Å². The summed E-state index contributed by atoms with van der Waals surface area (Å²) in [6.07, 6.45) is -0.994. The minimum atomic E-state index is -0.994. The van der Waals surface area contributed by atoms with Crippen LogP contribution in [0.15, 0.2) is 46.9 Å². The molecule has 1 unspecified atom stereocenters. The Morgan fingerprint density at radius 3 is 2.39 bits per heavy atom. The van der Waals surface area contributed by atoms with Gasteiger partial charge in [0.2, 0.25) is 5.78 Å². The zero-order valence-corrected chi connectivity index (χ0v) is 14.1. The Morgan fingerprint density at radius 1 is 1.13 bits per heavy atom. The van der Waals surface area contributed by atoms with Crippen LogP contribution >= 0.6 is 15.9 Å². The first-order valence-electron chi connectivity index (χ1n) is 6.76. The van der Waals surface area contributed by atoms with Crippen molar-refractivity contribution in [3.05, 3.63) is 63.9 Å². The Hall–Kier alpha value is -2.21. The van der Waals surface area contributed by atoms with Crippen LogP contribution in [0.25, 0.3) is 0 Å². The van der Waals surface area contributed by atoms with E-state index in [0.717, 1.165) is 0 Å². The summed E-state index contributed by atoms with van der Waals surface area (Å²) in [5.41, 5.74) is 0.527. The van der Waals surface area contributed by atoms with Crippen molar-refractivity contribution >= 4 is 27.7 Å². The molecule has 0 N–H and O–H groups in total. The molecule has 1 atom stereocenters. The van der Waals surface area contributed by atoms with Crippen LogP contribution in [0.5, 0.6) is 5.75 Å². The maximum Gasteiger partial charge on any atom is 0.340 e. The number of benzene rings is 2. The fraction of sp³-hybridized carbons (Fsp3) is 0.176. The third-order valence-electron chi connectivity index (χ3n) is 3.18. The monoisotopic (exact) mass is 380 g/mol. The summed E-state index contributed by atoms with van der Waals surface area (Å²) in [5.74, 6) is -1.000. The second-order valence-electron chi connectivity index (χ2n) is 4.76. The highest BCUT2D eigenvalue weighted by atomic mass is 79.9. The fourth-order valence-corrected chi connectivity index (χ4v) is 2.32. The van der Waals surface area contributed by atoms with Gasteiger partial charge in [0.05, 0.1) is 12.7 Å². The van der Waals surface area contributed by atoms with E-state index < -0.39 is 23.7 Å². The zero-order valence-electron chi connectivity index (χ0n) is 12.5. The smallest absolute Gasteiger partial charge is 0.340 e. The van der Waals surface area contributed by atoms with E-state index in [1.165, 1.54) is 44.4 Å². The molecule has 23 heavy (non-hydrogen) atoms. The van der Waals surface area contributed by atoms with E-state index in [9.17, 15) is 14.0 Å². The van der Waals surface area contributed by atoms with Crippen molar-refractivity contribution < 1.29 is 23.5 Å². The summed E-state index contributed by atoms with van der Waals surface area (Å²) in [5, 5.41) is 0. The van der Waals surface area contributed by atoms with Gasteiger partial charge >= 0.3 is 5.97 Å². The number of methoxy groups -OCH3 is 1. The van der Waals surface area contributed by atoms with Crippen LogP contribution in [0.3, 0.4) is 0 Å². The van der Waals surface area contributed by atoms with Crippen molar-refractivity contribution in [2.24, 2.45) is 0 Å². The summed E-state index contributed by atoms with van der Waals surface area (Å²) in [6.45, 7) is 1.47. The lowest BCUT2D eigenvalue weighted by molar-refractivity contribution is 0.0317. The first-order valence-corrected chi connectivity index (χ1v) is 7.56. The second-order valence-corrected chi connectivity index (χ2v) is 5.62. The van der Waals surface area contributed by atoms with Gasteiger partial charge < -0.3 is 9.47 Å². The van der Waals surface area contributed by atoms with Gasteiger partial charge in [0.15, 0.2) is 6.10 Å². The summed E-state index contributed by atoms with van der Waals surface area (Å²) in [7, 11) is 1.49. The van der Waals surface area contributed by atoms with Gasteiger partial charge in [0.25, 0.3) is 0 Å². The van der Waals surface area contributed by atoms with E-state index >= 15 is 0 Å². The number of carbonyl (C=O) groups is 2. The average molecular weight is 381 g/mol. The zero-order chi connectivity index (χ0) is 17.0. The lowest BCUT2D eigenvalue weighted by Gasteiger charge is -2.13. The molecule has 0 radical (unpaired) electrons. The molecular weight excluding hydrogens is 367 g/mol. The predicted octanol–water partition coefficient (Wildman–Crippen LogP) is 4.03. The van der Waals surface area contributed by atoms with Crippen LogP contribution < -0.4 is 4.74 Å². The number of ether oxygens (including phenoxy) is 2. The van der Waals surface area contributed by atoms with Crippen molar-refractivity contribution in [2.45, 2.75) is 13.0 Å². The molecule has 2 aromatic rings. The van der Waals surface area contributed by atoms with Gasteiger partial charge in [-0.15, -0.1) is 0 Å². The molecule has 0 aliphatic rings. The standard InChI is InChI=1S/C17H14BrFO4/c1-10(16(20)11-3-5-12(19)6-4-11)23-17(21)14-9-13(22-2)7-8-15(14)18/h3-10H,1-2H3. The molecule has 2 rings (SSSR count). The molecule has 0 spiro atoms. The second kappa shape index (κ2) is 7.37. The number of carbonyl (C=O) groups excluding carboxylic acids is 2. The SMILES string of the molecule is COc1ccc(Br)c(C(=O)OC(C)C(=O)c2ccc(F)cc2)c1. The average Bonchev–Trinajstić information content (AvgIpc) is 2.55. The van der Waals surface area contributed by atoms with E-state index in [1.807, 2.05) is 0 Å². The molecule has 6 heteroatoms. The number of hydrogen-bond acceptors (Lipinski definition) is 4. The number of rotatable bonds is 5. The van der Waals surface area contributed by atoms with E-state index in [4.69, 9.17) is 9.47 Å². The maximum absolute atomic E-state index is 12.9. The van der Waals surface area contributed by atoms with Crippen molar-refractivity contribution in [1.29, 1.82) is 0 Å². The topological polar surface area (TPSA) is 52.6 Å². The molecule has 0 saturated carbocycles. The summed E-state index contributed by atoms with van der Waals surface area (Å²) >= 11 is 3.26. The Balaban J connectivity index is 2.13. The predicted molar refractivity (Wildman–Crippen MR) is 86.3 cm³/mol. The molecule has 4 nitrogen and oxygen atoms in total. The highest BCUT2D eigenvalue weighted by Crippen LogP contribution is 2.24. The van der Waals surface area contributed by atoms with E-state index in [-0.39, 0.29) is 11.1 Å². The normalized spacial score (nSPS) is 11.7. The highest BCUT2D eigenvalue weighted by molar-refractivity contribution is 9.10. The summed E-state index contributed by atoms with van der Waals surface area (Å²) < 4.78 is 23.7. The van der Waals surface area contributed by atoms with Crippen LogP contribution in [0, 0.1) is 5.82 Å². The van der Waals surface area contributed by atoms with Gasteiger partial charge in [0, 0.05) is 10.0 Å². The van der Waals surface area contributed by atoms with Crippen LogP contribution in [0.2, 0.25) is 0 Å². The molecule has 2 aromatic carbocycles. The number of halogens is 2. The lowest BCUT2D eigenvalue weighted by Crippen LogP contribution is -2.24. The number of hydrogen-bond donors (Lipinski definition) is 0. The van der Waals surface area contributed by atoms with Crippen LogP contribution in [-0.4, -0.2) is 25.0 Å². The van der Waals surface area contributed by atoms with Crippen molar-refractivity contribution in [1.82, 2.24) is 0 Å². The first-order chi connectivity index (χ1) is 10.9. The molecule has 0 aliphatic carbocycles. The van der Waals surface area contributed by atoms with Gasteiger partial charge in [-0.3, -0.25) is 4.79 Å². The minimum absolute atomic E-state index is 0.253. The van der Waals surface area contributed by atoms with Gasteiger partial charge in [-0.25, -0.2) is 9.18 Å². The highest BCUT2D eigenvalue weighted by Gasteiger charge is 2.22. The molecule has 0 fully saturated rings. The number of ketones is 1. The van der Waals surface area contributed by atoms with Crippen LogP contribution in [0.4, 0.5) is 4.39 Å². The minimum Gasteiger partial charge on any atom is -0.497 e. The van der Waals surface area contributed by atoms with Crippen molar-refractivity contribution in [3.63, 3.8) is 0 Å². The Kier molecular flexibility index (Phi) is 5.50. The van der Waals surface area contributed by atoms with Crippen LogP contribution in [-0.2, 0) is 4.74 Å². The molecular formula is C17H14BrFO4. The van der Waals surface area contributed by atoms with Crippen molar-refractivity contribution in [2.75, 3.05) is 7.11 Å². The number of Topliss-reactive ketones (excluding diaryl/α,β-unsaturated/α-hetero) is 1.